The number of carbonyl (C=O) groups is 2. The van der Waals surface area contributed by atoms with Crippen LogP contribution >= 0.6 is 15.9 Å². The summed E-state index contributed by atoms with van der Waals surface area (Å²) in [6, 6.07) is 23.8. The average Bonchev–Trinajstić information content (AvgIpc) is 2.90. The van der Waals surface area contributed by atoms with Crippen LogP contribution in [-0.4, -0.2) is 21.6 Å². The third-order valence-electron chi connectivity index (χ3n) is 6.25. The third kappa shape index (κ3) is 6.26. The molecule has 2 unspecified atom stereocenters. The molecule has 0 radical (unpaired) electrons. The largest absolute Gasteiger partial charge is 0.334 e. The van der Waals surface area contributed by atoms with Crippen LogP contribution in [0.3, 0.4) is 0 Å². The second-order valence-electron chi connectivity index (χ2n) is 8.73. The topological polar surface area (TPSA) is 92.5 Å². The van der Waals surface area contributed by atoms with E-state index in [1.165, 1.54) is 18.2 Å². The van der Waals surface area contributed by atoms with E-state index in [1.807, 2.05) is 77.7 Å². The number of nitrogens with zero attached hydrogens (tertiary/aromatic N) is 2. The van der Waals surface area contributed by atoms with Gasteiger partial charge in [-0.2, -0.15) is 0 Å². The average molecular weight is 548 g/mol. The molecule has 1 aliphatic rings. The van der Waals surface area contributed by atoms with Crippen LogP contribution in [0, 0.1) is 22.0 Å². The Bertz CT molecular complexity index is 1220. The van der Waals surface area contributed by atoms with Crippen molar-refractivity contribution >= 4 is 39.1 Å². The fourth-order valence-corrected chi connectivity index (χ4v) is 4.84. The van der Waals surface area contributed by atoms with E-state index in [1.54, 1.807) is 0 Å². The smallest absolute Gasteiger partial charge is 0.270 e. The van der Waals surface area contributed by atoms with Gasteiger partial charge in [-0.15, -0.1) is 0 Å². The molecule has 2 amide bonds. The van der Waals surface area contributed by atoms with E-state index in [2.05, 4.69) is 21.2 Å². The summed E-state index contributed by atoms with van der Waals surface area (Å²) in [7, 11) is 0. The van der Waals surface area contributed by atoms with E-state index < -0.39 is 16.8 Å². The van der Waals surface area contributed by atoms with Gasteiger partial charge in [-0.25, -0.2) is 0 Å². The molecular weight excluding hydrogens is 522 g/mol. The van der Waals surface area contributed by atoms with Crippen LogP contribution in [0.5, 0.6) is 0 Å². The van der Waals surface area contributed by atoms with Crippen LogP contribution in [0.15, 0.2) is 95.5 Å². The fourth-order valence-electron chi connectivity index (χ4n) is 4.38. The van der Waals surface area contributed by atoms with E-state index >= 15 is 0 Å². The summed E-state index contributed by atoms with van der Waals surface area (Å²) in [6.45, 7) is 0.883. The lowest BCUT2D eigenvalue weighted by molar-refractivity contribution is -0.384. The number of amides is 2. The van der Waals surface area contributed by atoms with Crippen molar-refractivity contribution in [3.8, 4) is 0 Å². The number of nitro benzene ring substituents is 1. The minimum absolute atomic E-state index is 0.0741. The molecule has 0 saturated carbocycles. The first-order valence-electron chi connectivity index (χ1n) is 11.7. The SMILES string of the molecule is O=C(Nc1ccc([N+](=O)[O-])cc1Br)C1CC=CCC1C(=O)N(Cc1ccccc1)Cc1ccccc1. The number of non-ortho nitro benzene ring substituents is 1. The van der Waals surface area contributed by atoms with E-state index in [0.29, 0.717) is 36.1 Å². The Morgan fingerprint density at radius 1 is 0.889 bits per heavy atom. The first-order valence-corrected chi connectivity index (χ1v) is 12.5. The van der Waals surface area contributed by atoms with Crippen LogP contribution in [0.25, 0.3) is 0 Å². The van der Waals surface area contributed by atoms with Crippen LogP contribution in [0.1, 0.15) is 24.0 Å². The molecule has 0 heterocycles. The molecule has 1 aliphatic carbocycles. The van der Waals surface area contributed by atoms with Crippen molar-refractivity contribution in [1.82, 2.24) is 4.90 Å². The predicted molar refractivity (Wildman–Crippen MR) is 142 cm³/mol. The quantitative estimate of drug-likeness (QED) is 0.209. The van der Waals surface area contributed by atoms with Gasteiger partial charge in [0.15, 0.2) is 0 Å². The van der Waals surface area contributed by atoms with Crippen molar-refractivity contribution in [2.45, 2.75) is 25.9 Å². The summed E-state index contributed by atoms with van der Waals surface area (Å²) in [4.78, 5) is 39.6. The number of rotatable bonds is 8. The Balaban J connectivity index is 1.55. The molecule has 3 aromatic carbocycles. The number of nitrogens with one attached hydrogen (secondary N) is 1. The summed E-state index contributed by atoms with van der Waals surface area (Å²) in [5, 5.41) is 13.9. The molecule has 0 saturated heterocycles. The van der Waals surface area contributed by atoms with Crippen molar-refractivity contribution in [2.24, 2.45) is 11.8 Å². The first kappa shape index (κ1) is 25.3. The van der Waals surface area contributed by atoms with E-state index in [9.17, 15) is 19.7 Å². The van der Waals surface area contributed by atoms with Crippen molar-refractivity contribution in [3.05, 3.63) is 117 Å². The molecule has 0 bridgehead atoms. The Labute approximate surface area is 218 Å². The second kappa shape index (κ2) is 11.8. The zero-order chi connectivity index (χ0) is 25.5. The lowest BCUT2D eigenvalue weighted by Gasteiger charge is -2.32. The van der Waals surface area contributed by atoms with Gasteiger partial charge < -0.3 is 10.2 Å². The maximum atomic E-state index is 13.9. The molecule has 0 fully saturated rings. The van der Waals surface area contributed by atoms with Gasteiger partial charge in [-0.1, -0.05) is 72.8 Å². The molecule has 8 heteroatoms. The highest BCUT2D eigenvalue weighted by atomic mass is 79.9. The molecule has 2 atom stereocenters. The highest BCUT2D eigenvalue weighted by Gasteiger charge is 2.36. The molecule has 0 aromatic heterocycles. The molecule has 1 N–H and O–H groups in total. The minimum Gasteiger partial charge on any atom is -0.334 e. The third-order valence-corrected chi connectivity index (χ3v) is 6.91. The highest BCUT2D eigenvalue weighted by molar-refractivity contribution is 9.10. The second-order valence-corrected chi connectivity index (χ2v) is 9.59. The van der Waals surface area contributed by atoms with Gasteiger partial charge in [-0.3, -0.25) is 19.7 Å². The normalized spacial score (nSPS) is 16.8. The van der Waals surface area contributed by atoms with Gasteiger partial charge in [0, 0.05) is 29.7 Å². The van der Waals surface area contributed by atoms with Gasteiger partial charge in [-0.05, 0) is 46.0 Å². The zero-order valence-electron chi connectivity index (χ0n) is 19.5. The maximum Gasteiger partial charge on any atom is 0.270 e. The number of carbonyl (C=O) groups excluding carboxylic acids is 2. The van der Waals surface area contributed by atoms with Crippen molar-refractivity contribution in [3.63, 3.8) is 0 Å². The Hall–Kier alpha value is -3.78. The van der Waals surface area contributed by atoms with Crippen LogP contribution < -0.4 is 5.32 Å². The Kier molecular flexibility index (Phi) is 8.28. The Morgan fingerprint density at radius 3 is 1.97 bits per heavy atom. The number of benzene rings is 3. The van der Waals surface area contributed by atoms with E-state index in [-0.39, 0.29) is 17.5 Å². The summed E-state index contributed by atoms with van der Waals surface area (Å²) >= 11 is 3.30. The number of anilines is 1. The number of nitro groups is 1. The van der Waals surface area contributed by atoms with Crippen LogP contribution in [0.4, 0.5) is 11.4 Å². The van der Waals surface area contributed by atoms with Crippen molar-refractivity contribution < 1.29 is 14.5 Å². The molecule has 4 rings (SSSR count). The lowest BCUT2D eigenvalue weighted by Crippen LogP contribution is -2.42. The van der Waals surface area contributed by atoms with Crippen LogP contribution in [0.2, 0.25) is 0 Å². The molecular formula is C28H26BrN3O4. The zero-order valence-corrected chi connectivity index (χ0v) is 21.1. The summed E-state index contributed by atoms with van der Waals surface area (Å²) in [6.07, 6.45) is 4.80. The van der Waals surface area contributed by atoms with Gasteiger partial charge in [0.2, 0.25) is 11.8 Å². The van der Waals surface area contributed by atoms with Crippen molar-refractivity contribution in [2.75, 3.05) is 5.32 Å². The van der Waals surface area contributed by atoms with Gasteiger partial charge in [0.05, 0.1) is 22.4 Å². The number of hydrogen-bond acceptors (Lipinski definition) is 4. The standard InChI is InChI=1S/C28H26BrN3O4/c29-25-17-22(32(35)36)15-16-26(25)30-27(33)23-13-7-8-14-24(23)28(34)31(18-20-9-3-1-4-10-20)19-21-11-5-2-6-12-21/h1-12,15-17,23-24H,13-14,18-19H2,(H,30,33). The van der Waals surface area contributed by atoms with Gasteiger partial charge >= 0.3 is 0 Å². The van der Waals surface area contributed by atoms with Crippen molar-refractivity contribution in [1.29, 1.82) is 0 Å². The first-order chi connectivity index (χ1) is 17.4. The van der Waals surface area contributed by atoms with E-state index in [4.69, 9.17) is 0 Å². The number of halogens is 1. The molecule has 184 valence electrons. The minimum atomic E-state index is -0.557. The molecule has 3 aromatic rings. The monoisotopic (exact) mass is 547 g/mol. The molecule has 0 spiro atoms. The highest BCUT2D eigenvalue weighted by Crippen LogP contribution is 2.32. The number of hydrogen-bond donors (Lipinski definition) is 1. The predicted octanol–water partition coefficient (Wildman–Crippen LogP) is 6.11. The number of allylic oxidation sites excluding steroid dienone is 2. The van der Waals surface area contributed by atoms with Gasteiger partial charge in [0.25, 0.3) is 5.69 Å². The van der Waals surface area contributed by atoms with E-state index in [0.717, 1.165) is 11.1 Å². The summed E-state index contributed by atoms with van der Waals surface area (Å²) < 4.78 is 0.411. The van der Waals surface area contributed by atoms with Crippen LogP contribution in [-0.2, 0) is 22.7 Å². The maximum absolute atomic E-state index is 13.9. The molecule has 7 nitrogen and oxygen atoms in total. The summed E-state index contributed by atoms with van der Waals surface area (Å²) in [5.74, 6) is -1.43. The Morgan fingerprint density at radius 2 is 1.44 bits per heavy atom. The fraction of sp³-hybridized carbons (Fsp3) is 0.214. The molecule has 36 heavy (non-hydrogen) atoms. The lowest BCUT2D eigenvalue weighted by atomic mass is 9.81. The molecule has 0 aliphatic heterocycles. The summed E-state index contributed by atoms with van der Waals surface area (Å²) in [5.41, 5.74) is 2.38. The van der Waals surface area contributed by atoms with Gasteiger partial charge in [0.1, 0.15) is 0 Å².